The Labute approximate surface area is 145 Å². The average molecular weight is 334 g/mol. The van der Waals surface area contributed by atoms with Crippen molar-refractivity contribution in [1.29, 1.82) is 0 Å². The molecular formula is C19H18N4O2. The van der Waals surface area contributed by atoms with Gasteiger partial charge in [-0.15, -0.1) is 0 Å². The number of nitrogens with one attached hydrogen (secondary N) is 2. The smallest absolute Gasteiger partial charge is 0.339 e. The van der Waals surface area contributed by atoms with Crippen LogP contribution in [0.15, 0.2) is 60.7 Å². The van der Waals surface area contributed by atoms with Crippen molar-refractivity contribution in [3.8, 4) is 0 Å². The molecule has 0 radical (unpaired) electrons. The number of carbonyl (C=O) groups excluding carboxylic acids is 1. The number of hydrogen-bond acceptors (Lipinski definition) is 6. The molecule has 0 fully saturated rings. The van der Waals surface area contributed by atoms with E-state index in [-0.39, 0.29) is 0 Å². The van der Waals surface area contributed by atoms with Crippen molar-refractivity contribution in [3.63, 3.8) is 0 Å². The Kier molecular flexibility index (Phi) is 4.89. The number of carbonyl (C=O) groups is 1. The maximum absolute atomic E-state index is 11.9. The van der Waals surface area contributed by atoms with Gasteiger partial charge >= 0.3 is 5.97 Å². The van der Waals surface area contributed by atoms with E-state index in [4.69, 9.17) is 4.74 Å². The lowest BCUT2D eigenvalue weighted by Crippen LogP contribution is -2.07. The number of methoxy groups -OCH3 is 1. The van der Waals surface area contributed by atoms with Gasteiger partial charge in [-0.2, -0.15) is 4.98 Å². The summed E-state index contributed by atoms with van der Waals surface area (Å²) in [5.41, 5.74) is 2.76. The molecule has 0 atom stereocenters. The minimum Gasteiger partial charge on any atom is -0.465 e. The molecule has 2 N–H and O–H groups in total. The van der Waals surface area contributed by atoms with Crippen LogP contribution in [0.3, 0.4) is 0 Å². The van der Waals surface area contributed by atoms with Crippen molar-refractivity contribution in [2.45, 2.75) is 6.92 Å². The summed E-state index contributed by atoms with van der Waals surface area (Å²) in [6.45, 7) is 1.88. The summed E-state index contributed by atoms with van der Waals surface area (Å²) in [5, 5.41) is 6.33. The number of anilines is 4. The second-order valence-corrected chi connectivity index (χ2v) is 5.37. The number of esters is 1. The van der Waals surface area contributed by atoms with Crippen LogP contribution < -0.4 is 10.6 Å². The van der Waals surface area contributed by atoms with Gasteiger partial charge in [-0.1, -0.05) is 30.3 Å². The van der Waals surface area contributed by atoms with Crippen molar-refractivity contribution in [2.75, 3.05) is 17.7 Å². The van der Waals surface area contributed by atoms with Crippen molar-refractivity contribution < 1.29 is 9.53 Å². The van der Waals surface area contributed by atoms with Crippen molar-refractivity contribution >= 4 is 29.1 Å². The molecule has 3 aromatic rings. The van der Waals surface area contributed by atoms with Gasteiger partial charge in [-0.05, 0) is 31.2 Å². The third kappa shape index (κ3) is 4.11. The minimum atomic E-state index is -0.406. The van der Waals surface area contributed by atoms with Gasteiger partial charge in [0.15, 0.2) is 0 Å². The first kappa shape index (κ1) is 16.4. The number of para-hydroxylation sites is 2. The first-order chi connectivity index (χ1) is 12.2. The zero-order chi connectivity index (χ0) is 17.6. The molecule has 0 saturated heterocycles. The molecule has 0 saturated carbocycles. The van der Waals surface area contributed by atoms with Crippen molar-refractivity contribution in [1.82, 2.24) is 9.97 Å². The highest BCUT2D eigenvalue weighted by atomic mass is 16.5. The van der Waals surface area contributed by atoms with E-state index in [1.807, 2.05) is 49.4 Å². The third-order valence-electron chi connectivity index (χ3n) is 3.48. The molecule has 25 heavy (non-hydrogen) atoms. The van der Waals surface area contributed by atoms with Crippen molar-refractivity contribution in [2.24, 2.45) is 0 Å². The predicted octanol–water partition coefficient (Wildman–Crippen LogP) is 4.06. The number of nitrogens with zero attached hydrogens (tertiary/aromatic N) is 2. The van der Waals surface area contributed by atoms with Crippen LogP contribution >= 0.6 is 0 Å². The highest BCUT2D eigenvalue weighted by Crippen LogP contribution is 2.22. The maximum Gasteiger partial charge on any atom is 0.339 e. The van der Waals surface area contributed by atoms with E-state index in [1.165, 1.54) is 7.11 Å². The largest absolute Gasteiger partial charge is 0.465 e. The molecule has 0 aliphatic rings. The normalized spacial score (nSPS) is 10.2. The minimum absolute atomic E-state index is 0.406. The van der Waals surface area contributed by atoms with Crippen LogP contribution in [0.4, 0.5) is 23.1 Å². The van der Waals surface area contributed by atoms with Crippen LogP contribution in [-0.2, 0) is 4.74 Å². The second kappa shape index (κ2) is 7.44. The Morgan fingerprint density at radius 2 is 1.68 bits per heavy atom. The molecule has 6 heteroatoms. The summed E-state index contributed by atoms with van der Waals surface area (Å²) >= 11 is 0. The zero-order valence-electron chi connectivity index (χ0n) is 14.0. The van der Waals surface area contributed by atoms with E-state index in [0.29, 0.717) is 23.0 Å². The van der Waals surface area contributed by atoms with Crippen LogP contribution in [0, 0.1) is 6.92 Å². The molecule has 0 spiro atoms. The SMILES string of the molecule is COC(=O)c1ccccc1Nc1cc(C)nc(Nc2ccccc2)n1. The standard InChI is InChI=1S/C19H18N4O2/c1-13-12-17(22-16-11-7-6-10-15(16)18(24)25-2)23-19(20-13)21-14-8-4-3-5-9-14/h3-12H,1-2H3,(H2,20,21,22,23). The van der Waals surface area contributed by atoms with E-state index >= 15 is 0 Å². The molecule has 0 amide bonds. The summed E-state index contributed by atoms with van der Waals surface area (Å²) in [6, 6.07) is 18.6. The highest BCUT2D eigenvalue weighted by molar-refractivity contribution is 5.96. The Bertz CT molecular complexity index is 882. The number of hydrogen-bond donors (Lipinski definition) is 2. The zero-order valence-corrected chi connectivity index (χ0v) is 14.0. The molecule has 3 rings (SSSR count). The van der Waals surface area contributed by atoms with E-state index in [2.05, 4.69) is 20.6 Å². The Morgan fingerprint density at radius 3 is 2.44 bits per heavy atom. The molecule has 6 nitrogen and oxygen atoms in total. The van der Waals surface area contributed by atoms with Gasteiger partial charge in [-0.25, -0.2) is 9.78 Å². The Hall–Kier alpha value is -3.41. The quantitative estimate of drug-likeness (QED) is 0.685. The first-order valence-corrected chi connectivity index (χ1v) is 7.78. The molecule has 1 heterocycles. The van der Waals surface area contributed by atoms with Crippen molar-refractivity contribution in [3.05, 3.63) is 71.9 Å². The van der Waals surface area contributed by atoms with Gasteiger partial charge in [0.2, 0.25) is 5.95 Å². The summed E-state index contributed by atoms with van der Waals surface area (Å²) in [7, 11) is 1.36. The fourth-order valence-electron chi connectivity index (χ4n) is 2.36. The van der Waals surface area contributed by atoms with E-state index in [9.17, 15) is 4.79 Å². The fraction of sp³-hybridized carbons (Fsp3) is 0.105. The molecule has 2 aromatic carbocycles. The Morgan fingerprint density at radius 1 is 0.960 bits per heavy atom. The van der Waals surface area contributed by atoms with Gasteiger partial charge in [-0.3, -0.25) is 0 Å². The lowest BCUT2D eigenvalue weighted by Gasteiger charge is -2.12. The van der Waals surface area contributed by atoms with E-state index in [0.717, 1.165) is 11.4 Å². The molecule has 126 valence electrons. The number of aromatic nitrogens is 2. The first-order valence-electron chi connectivity index (χ1n) is 7.78. The number of ether oxygens (including phenoxy) is 1. The van der Waals surface area contributed by atoms with Crippen LogP contribution in [-0.4, -0.2) is 23.0 Å². The van der Waals surface area contributed by atoms with Gasteiger partial charge in [0.05, 0.1) is 18.4 Å². The fourth-order valence-corrected chi connectivity index (χ4v) is 2.36. The van der Waals surface area contributed by atoms with Gasteiger partial charge in [0.1, 0.15) is 5.82 Å². The molecule has 0 bridgehead atoms. The maximum atomic E-state index is 11.9. The summed E-state index contributed by atoms with van der Waals surface area (Å²) in [6.07, 6.45) is 0. The third-order valence-corrected chi connectivity index (χ3v) is 3.48. The monoisotopic (exact) mass is 334 g/mol. The van der Waals surface area contributed by atoms with Crippen LogP contribution in [0.1, 0.15) is 16.1 Å². The van der Waals surface area contributed by atoms with Crippen LogP contribution in [0.25, 0.3) is 0 Å². The summed E-state index contributed by atoms with van der Waals surface area (Å²) in [5.74, 6) is 0.656. The van der Waals surface area contributed by atoms with Crippen LogP contribution in [0.5, 0.6) is 0 Å². The summed E-state index contributed by atoms with van der Waals surface area (Å²) < 4.78 is 4.82. The van der Waals surface area contributed by atoms with Gasteiger partial charge in [0, 0.05) is 17.4 Å². The molecule has 0 aliphatic heterocycles. The van der Waals surface area contributed by atoms with Gasteiger partial charge < -0.3 is 15.4 Å². The summed E-state index contributed by atoms with van der Waals surface area (Å²) in [4.78, 5) is 20.7. The number of rotatable bonds is 5. The van der Waals surface area contributed by atoms with Gasteiger partial charge in [0.25, 0.3) is 0 Å². The molecular weight excluding hydrogens is 316 g/mol. The average Bonchev–Trinajstić information content (AvgIpc) is 2.62. The number of aryl methyl sites for hydroxylation is 1. The van der Waals surface area contributed by atoms with Crippen LogP contribution in [0.2, 0.25) is 0 Å². The predicted molar refractivity (Wildman–Crippen MR) is 97.6 cm³/mol. The lowest BCUT2D eigenvalue weighted by molar-refractivity contribution is 0.0602. The second-order valence-electron chi connectivity index (χ2n) is 5.37. The van der Waals surface area contributed by atoms with E-state index < -0.39 is 5.97 Å². The molecule has 0 aliphatic carbocycles. The number of benzene rings is 2. The highest BCUT2D eigenvalue weighted by Gasteiger charge is 2.12. The molecule has 1 aromatic heterocycles. The Balaban J connectivity index is 1.88. The molecule has 0 unspecified atom stereocenters. The van der Waals surface area contributed by atoms with E-state index in [1.54, 1.807) is 18.2 Å². The topological polar surface area (TPSA) is 76.1 Å². The lowest BCUT2D eigenvalue weighted by atomic mass is 10.2.